The standard InChI is InChI=1S/C16H28O3Si/c1-5-14(17)13-15(9-8-12-20(2,3)4)19-16-10-6-7-11-18-16/h5,14-17H,1,6-7,9-11,13H2,2-4H3/t14-,15-,16?/m1/s1. The lowest BCUT2D eigenvalue weighted by atomic mass is 10.1. The molecule has 0 spiro atoms. The number of hydrogen-bond acceptors (Lipinski definition) is 3. The third kappa shape index (κ3) is 7.86. The van der Waals surface area contributed by atoms with E-state index in [0.717, 1.165) is 25.9 Å². The van der Waals surface area contributed by atoms with Gasteiger partial charge in [0.25, 0.3) is 0 Å². The van der Waals surface area contributed by atoms with Gasteiger partial charge < -0.3 is 14.6 Å². The fourth-order valence-electron chi connectivity index (χ4n) is 2.02. The summed E-state index contributed by atoms with van der Waals surface area (Å²) in [7, 11) is -1.36. The van der Waals surface area contributed by atoms with Crippen LogP contribution in [0.2, 0.25) is 19.6 Å². The molecular weight excluding hydrogens is 268 g/mol. The highest BCUT2D eigenvalue weighted by Crippen LogP contribution is 2.19. The molecule has 0 aromatic rings. The lowest BCUT2D eigenvalue weighted by Gasteiger charge is -2.27. The number of aliphatic hydroxyl groups excluding tert-OH is 1. The Morgan fingerprint density at radius 1 is 1.45 bits per heavy atom. The number of aliphatic hydroxyl groups is 1. The molecule has 20 heavy (non-hydrogen) atoms. The zero-order valence-electron chi connectivity index (χ0n) is 13.0. The zero-order valence-corrected chi connectivity index (χ0v) is 14.0. The van der Waals surface area contributed by atoms with Crippen LogP contribution in [-0.4, -0.2) is 38.3 Å². The van der Waals surface area contributed by atoms with Gasteiger partial charge in [0.05, 0.1) is 12.2 Å². The quantitative estimate of drug-likeness (QED) is 0.465. The molecule has 1 aliphatic heterocycles. The molecule has 0 aromatic heterocycles. The first-order valence-electron chi connectivity index (χ1n) is 7.48. The summed E-state index contributed by atoms with van der Waals surface area (Å²) < 4.78 is 11.6. The van der Waals surface area contributed by atoms with Gasteiger partial charge in [-0.05, 0) is 19.3 Å². The van der Waals surface area contributed by atoms with Crippen LogP contribution >= 0.6 is 0 Å². The van der Waals surface area contributed by atoms with E-state index in [4.69, 9.17) is 9.47 Å². The number of ether oxygens (including phenoxy) is 2. The van der Waals surface area contributed by atoms with Crippen LogP contribution in [0.5, 0.6) is 0 Å². The van der Waals surface area contributed by atoms with Gasteiger partial charge in [-0.3, -0.25) is 0 Å². The highest BCUT2D eigenvalue weighted by molar-refractivity contribution is 6.83. The van der Waals surface area contributed by atoms with Crippen molar-refractivity contribution in [1.82, 2.24) is 0 Å². The summed E-state index contributed by atoms with van der Waals surface area (Å²) in [5.41, 5.74) is 3.34. The third-order valence-electron chi connectivity index (χ3n) is 3.05. The van der Waals surface area contributed by atoms with Crippen molar-refractivity contribution in [3.05, 3.63) is 12.7 Å². The SMILES string of the molecule is C=C[C@@H](O)C[C@@H](CC#C[Si](C)(C)C)OC1CCCCO1. The van der Waals surface area contributed by atoms with E-state index >= 15 is 0 Å². The van der Waals surface area contributed by atoms with Crippen LogP contribution in [0, 0.1) is 11.5 Å². The van der Waals surface area contributed by atoms with Crippen molar-refractivity contribution in [2.75, 3.05) is 6.61 Å². The summed E-state index contributed by atoms with van der Waals surface area (Å²) in [6.45, 7) is 11.0. The Kier molecular flexibility index (Phi) is 7.53. The van der Waals surface area contributed by atoms with Crippen LogP contribution in [0.4, 0.5) is 0 Å². The zero-order chi connectivity index (χ0) is 15.0. The highest BCUT2D eigenvalue weighted by Gasteiger charge is 2.21. The third-order valence-corrected chi connectivity index (χ3v) is 3.98. The molecule has 1 N–H and O–H groups in total. The van der Waals surface area contributed by atoms with E-state index < -0.39 is 14.2 Å². The number of hydrogen-bond donors (Lipinski definition) is 1. The normalized spacial score (nSPS) is 22.5. The summed E-state index contributed by atoms with van der Waals surface area (Å²) in [6.07, 6.45) is 5.13. The molecule has 3 nitrogen and oxygen atoms in total. The van der Waals surface area contributed by atoms with Crippen molar-refractivity contribution >= 4 is 8.07 Å². The average Bonchev–Trinajstić information content (AvgIpc) is 2.38. The van der Waals surface area contributed by atoms with Gasteiger partial charge in [0.15, 0.2) is 6.29 Å². The van der Waals surface area contributed by atoms with Crippen molar-refractivity contribution in [2.24, 2.45) is 0 Å². The van der Waals surface area contributed by atoms with Crippen molar-refractivity contribution in [1.29, 1.82) is 0 Å². The van der Waals surface area contributed by atoms with Crippen molar-refractivity contribution in [2.45, 2.75) is 70.2 Å². The first-order valence-corrected chi connectivity index (χ1v) is 11.0. The largest absolute Gasteiger partial charge is 0.389 e. The monoisotopic (exact) mass is 296 g/mol. The van der Waals surface area contributed by atoms with E-state index in [9.17, 15) is 5.11 Å². The molecule has 1 heterocycles. The summed E-state index contributed by atoms with van der Waals surface area (Å²) in [5.74, 6) is 3.23. The predicted octanol–water partition coefficient (Wildman–Crippen LogP) is 3.11. The molecule has 0 aliphatic carbocycles. The van der Waals surface area contributed by atoms with E-state index in [1.807, 2.05) is 0 Å². The lowest BCUT2D eigenvalue weighted by molar-refractivity contribution is -0.190. The van der Waals surface area contributed by atoms with Crippen LogP contribution in [-0.2, 0) is 9.47 Å². The molecule has 0 radical (unpaired) electrons. The lowest BCUT2D eigenvalue weighted by Crippen LogP contribution is -2.30. The maximum absolute atomic E-state index is 9.74. The molecule has 4 heteroatoms. The Balaban J connectivity index is 2.53. The molecule has 0 saturated carbocycles. The van der Waals surface area contributed by atoms with Gasteiger partial charge in [-0.25, -0.2) is 0 Å². The summed E-state index contributed by atoms with van der Waals surface area (Å²) >= 11 is 0. The Hall–Kier alpha value is -0.603. The molecule has 1 rings (SSSR count). The van der Waals surface area contributed by atoms with Crippen molar-refractivity contribution in [3.8, 4) is 11.5 Å². The second-order valence-electron chi connectivity index (χ2n) is 6.35. The van der Waals surface area contributed by atoms with Gasteiger partial charge in [-0.2, -0.15) is 0 Å². The first kappa shape index (κ1) is 17.4. The fourth-order valence-corrected chi connectivity index (χ4v) is 2.65. The molecule has 1 fully saturated rings. The van der Waals surface area contributed by atoms with Gasteiger partial charge in [0.2, 0.25) is 0 Å². The summed E-state index contributed by atoms with van der Waals surface area (Å²) in [5, 5.41) is 9.74. The van der Waals surface area contributed by atoms with Crippen LogP contribution in [0.1, 0.15) is 32.1 Å². The minimum Gasteiger partial charge on any atom is -0.389 e. The van der Waals surface area contributed by atoms with Crippen LogP contribution < -0.4 is 0 Å². The summed E-state index contributed by atoms with van der Waals surface area (Å²) in [6, 6.07) is 0. The Morgan fingerprint density at radius 2 is 2.20 bits per heavy atom. The topological polar surface area (TPSA) is 38.7 Å². The van der Waals surface area contributed by atoms with Gasteiger partial charge in [0.1, 0.15) is 8.07 Å². The van der Waals surface area contributed by atoms with E-state index in [-0.39, 0.29) is 12.4 Å². The average molecular weight is 296 g/mol. The molecular formula is C16H28O3Si. The second kappa shape index (κ2) is 8.63. The Morgan fingerprint density at radius 3 is 2.75 bits per heavy atom. The van der Waals surface area contributed by atoms with Crippen molar-refractivity contribution in [3.63, 3.8) is 0 Å². The van der Waals surface area contributed by atoms with Gasteiger partial charge in [-0.15, -0.1) is 18.0 Å². The smallest absolute Gasteiger partial charge is 0.157 e. The molecule has 114 valence electrons. The van der Waals surface area contributed by atoms with Crippen LogP contribution in [0.25, 0.3) is 0 Å². The second-order valence-corrected chi connectivity index (χ2v) is 11.1. The van der Waals surface area contributed by atoms with E-state index in [1.54, 1.807) is 6.08 Å². The molecule has 1 aliphatic rings. The highest BCUT2D eigenvalue weighted by atomic mass is 28.3. The number of rotatable bonds is 6. The fraction of sp³-hybridized carbons (Fsp3) is 0.750. The van der Waals surface area contributed by atoms with E-state index in [1.165, 1.54) is 0 Å². The van der Waals surface area contributed by atoms with Crippen LogP contribution in [0.15, 0.2) is 12.7 Å². The van der Waals surface area contributed by atoms with E-state index in [0.29, 0.717) is 12.8 Å². The minimum atomic E-state index is -1.36. The molecule has 1 saturated heterocycles. The first-order chi connectivity index (χ1) is 9.40. The molecule has 0 bridgehead atoms. The van der Waals surface area contributed by atoms with Crippen LogP contribution in [0.3, 0.4) is 0 Å². The van der Waals surface area contributed by atoms with E-state index in [2.05, 4.69) is 37.7 Å². The summed E-state index contributed by atoms with van der Waals surface area (Å²) in [4.78, 5) is 0. The molecule has 0 aromatic carbocycles. The maximum Gasteiger partial charge on any atom is 0.157 e. The maximum atomic E-state index is 9.74. The Labute approximate surface area is 124 Å². The molecule has 0 amide bonds. The van der Waals surface area contributed by atoms with Crippen molar-refractivity contribution < 1.29 is 14.6 Å². The van der Waals surface area contributed by atoms with Gasteiger partial charge >= 0.3 is 0 Å². The van der Waals surface area contributed by atoms with Gasteiger partial charge in [0, 0.05) is 19.4 Å². The minimum absolute atomic E-state index is 0.0880. The Bertz CT molecular complexity index is 345. The van der Waals surface area contributed by atoms with Gasteiger partial charge in [-0.1, -0.05) is 25.7 Å². The molecule has 3 atom stereocenters. The predicted molar refractivity (Wildman–Crippen MR) is 85.0 cm³/mol. The molecule has 1 unspecified atom stereocenters.